The lowest BCUT2D eigenvalue weighted by Crippen LogP contribution is -2.09. The van der Waals surface area contributed by atoms with E-state index in [9.17, 15) is 4.79 Å². The highest BCUT2D eigenvalue weighted by molar-refractivity contribution is 7.09. The fourth-order valence-corrected chi connectivity index (χ4v) is 2.37. The predicted molar refractivity (Wildman–Crippen MR) is 75.3 cm³/mol. The summed E-state index contributed by atoms with van der Waals surface area (Å²) in [6.07, 6.45) is 0.761. The molecule has 0 aliphatic carbocycles. The number of hydrogen-bond acceptors (Lipinski definition) is 5. The third-order valence-electron chi connectivity index (χ3n) is 2.40. The highest BCUT2D eigenvalue weighted by Crippen LogP contribution is 2.16. The van der Waals surface area contributed by atoms with Crippen molar-refractivity contribution < 1.29 is 9.90 Å². The largest absolute Gasteiger partial charge is 0.476 e. The summed E-state index contributed by atoms with van der Waals surface area (Å²) in [5.41, 5.74) is 0.874. The van der Waals surface area contributed by atoms with Gasteiger partial charge in [0.1, 0.15) is 5.82 Å². The van der Waals surface area contributed by atoms with Crippen LogP contribution in [0.4, 0.5) is 5.82 Å². The van der Waals surface area contributed by atoms with Gasteiger partial charge in [0.25, 0.3) is 0 Å². The third-order valence-corrected chi connectivity index (χ3v) is 3.53. The van der Waals surface area contributed by atoms with Gasteiger partial charge in [-0.25, -0.2) is 14.8 Å². The van der Waals surface area contributed by atoms with Crippen molar-refractivity contribution in [3.63, 3.8) is 0 Å². The van der Waals surface area contributed by atoms with Crippen molar-refractivity contribution in [2.24, 2.45) is 0 Å². The number of hydrogen-bond donors (Lipinski definition) is 2. The Balaban J connectivity index is 1.96. The zero-order valence-electron chi connectivity index (χ0n) is 10.2. The molecule has 0 aliphatic rings. The number of thiazole rings is 1. The molecule has 2 heterocycles. The van der Waals surface area contributed by atoms with Crippen LogP contribution in [0.2, 0.25) is 5.02 Å². The summed E-state index contributed by atoms with van der Waals surface area (Å²) < 4.78 is 0. The average Bonchev–Trinajstić information content (AvgIpc) is 2.77. The minimum absolute atomic E-state index is 0.133. The molecule has 5 nitrogen and oxygen atoms in total. The molecule has 19 heavy (non-hydrogen) atoms. The number of aromatic nitrogens is 2. The maximum absolute atomic E-state index is 10.9. The molecule has 0 amide bonds. The van der Waals surface area contributed by atoms with Crippen molar-refractivity contribution in [1.29, 1.82) is 0 Å². The molecule has 0 saturated heterocycles. The molecule has 0 aliphatic heterocycles. The van der Waals surface area contributed by atoms with E-state index in [0.717, 1.165) is 17.1 Å². The van der Waals surface area contributed by atoms with E-state index in [1.165, 1.54) is 6.07 Å². The Kier molecular flexibility index (Phi) is 4.34. The van der Waals surface area contributed by atoms with Gasteiger partial charge in [0.05, 0.1) is 15.7 Å². The van der Waals surface area contributed by atoms with Gasteiger partial charge in [0.15, 0.2) is 5.69 Å². The van der Waals surface area contributed by atoms with Crippen molar-refractivity contribution in [2.45, 2.75) is 13.3 Å². The van der Waals surface area contributed by atoms with Crippen molar-refractivity contribution in [3.05, 3.63) is 38.9 Å². The maximum Gasteiger partial charge on any atom is 0.356 e. The first-order valence-electron chi connectivity index (χ1n) is 5.61. The lowest BCUT2D eigenvalue weighted by Gasteiger charge is -2.06. The number of carboxylic acids is 1. The quantitative estimate of drug-likeness (QED) is 0.887. The molecule has 100 valence electrons. The van der Waals surface area contributed by atoms with Gasteiger partial charge < -0.3 is 10.4 Å². The van der Waals surface area contributed by atoms with Crippen molar-refractivity contribution in [3.8, 4) is 0 Å². The maximum atomic E-state index is 10.9. The van der Waals surface area contributed by atoms with Crippen LogP contribution >= 0.6 is 22.9 Å². The van der Waals surface area contributed by atoms with Gasteiger partial charge >= 0.3 is 5.97 Å². The zero-order chi connectivity index (χ0) is 13.8. The molecule has 0 fully saturated rings. The van der Waals surface area contributed by atoms with E-state index < -0.39 is 5.97 Å². The molecule has 2 aromatic heterocycles. The van der Waals surface area contributed by atoms with Crippen molar-refractivity contribution in [2.75, 3.05) is 11.9 Å². The van der Waals surface area contributed by atoms with Gasteiger partial charge in [-0.05, 0) is 19.1 Å². The number of pyridine rings is 1. The molecule has 2 aromatic rings. The number of halogens is 1. The predicted octanol–water partition coefficient (Wildman–Crippen LogP) is 2.85. The van der Waals surface area contributed by atoms with E-state index in [4.69, 9.17) is 16.7 Å². The Morgan fingerprint density at radius 2 is 2.26 bits per heavy atom. The first kappa shape index (κ1) is 13.8. The summed E-state index contributed by atoms with van der Waals surface area (Å²) in [5, 5.41) is 15.1. The molecule has 0 unspecified atom stereocenters. The normalized spacial score (nSPS) is 10.4. The van der Waals surface area contributed by atoms with E-state index in [0.29, 0.717) is 12.4 Å². The molecule has 2 N–H and O–H groups in total. The minimum atomic E-state index is -1.14. The highest BCUT2D eigenvalue weighted by Gasteiger charge is 2.11. The number of carbonyl (C=O) groups is 1. The second-order valence-corrected chi connectivity index (χ2v) is 5.34. The average molecular weight is 298 g/mol. The van der Waals surface area contributed by atoms with Crippen LogP contribution in [0.15, 0.2) is 17.5 Å². The third kappa shape index (κ3) is 3.65. The summed E-state index contributed by atoms with van der Waals surface area (Å²) >= 11 is 7.35. The molecular weight excluding hydrogens is 286 g/mol. The van der Waals surface area contributed by atoms with Crippen molar-refractivity contribution >= 4 is 34.7 Å². The number of rotatable bonds is 5. The van der Waals surface area contributed by atoms with Crippen LogP contribution in [-0.2, 0) is 6.42 Å². The highest BCUT2D eigenvalue weighted by atomic mass is 35.5. The Bertz CT molecular complexity index is 600. The first-order valence-corrected chi connectivity index (χ1v) is 6.87. The second kappa shape index (κ2) is 5.99. The van der Waals surface area contributed by atoms with Gasteiger partial charge in [0.2, 0.25) is 0 Å². The fraction of sp³-hybridized carbons (Fsp3) is 0.250. The fourth-order valence-electron chi connectivity index (χ4n) is 1.53. The van der Waals surface area contributed by atoms with Crippen LogP contribution in [0.5, 0.6) is 0 Å². The van der Waals surface area contributed by atoms with Crippen LogP contribution in [0, 0.1) is 6.92 Å². The van der Waals surface area contributed by atoms with Crippen LogP contribution < -0.4 is 5.32 Å². The summed E-state index contributed by atoms with van der Waals surface area (Å²) in [6.45, 7) is 2.60. The number of aryl methyl sites for hydroxylation is 1. The molecular formula is C12H12ClN3O2S. The monoisotopic (exact) mass is 297 g/mol. The topological polar surface area (TPSA) is 75.1 Å². The van der Waals surface area contributed by atoms with Gasteiger partial charge in [-0.2, -0.15) is 0 Å². The van der Waals surface area contributed by atoms with Crippen molar-refractivity contribution in [1.82, 2.24) is 9.97 Å². The zero-order valence-corrected chi connectivity index (χ0v) is 11.8. The lowest BCUT2D eigenvalue weighted by molar-refractivity contribution is 0.0691. The SMILES string of the molecule is Cc1nc(CCNc2ccc(Cl)c(C(=O)O)n2)cs1. The standard InChI is InChI=1S/C12H12ClN3O2S/c1-7-15-8(6-19-7)4-5-14-10-3-2-9(13)11(16-10)12(17)18/h2-3,6H,4-5H2,1H3,(H,14,16)(H,17,18). The van der Waals surface area contributed by atoms with Crippen LogP contribution in [0.1, 0.15) is 21.2 Å². The molecule has 0 saturated carbocycles. The molecule has 0 spiro atoms. The van der Waals surface area contributed by atoms with E-state index in [1.54, 1.807) is 17.4 Å². The Labute approximate surface area is 119 Å². The number of nitrogens with one attached hydrogen (secondary N) is 1. The molecule has 0 atom stereocenters. The summed E-state index contributed by atoms with van der Waals surface area (Å²) in [6, 6.07) is 3.18. The Morgan fingerprint density at radius 3 is 2.89 bits per heavy atom. The lowest BCUT2D eigenvalue weighted by atomic mass is 10.3. The van der Waals surface area contributed by atoms with Crippen LogP contribution in [0.3, 0.4) is 0 Å². The van der Waals surface area contributed by atoms with Crippen LogP contribution in [0.25, 0.3) is 0 Å². The minimum Gasteiger partial charge on any atom is -0.476 e. The van der Waals surface area contributed by atoms with Crippen LogP contribution in [-0.4, -0.2) is 27.6 Å². The van der Waals surface area contributed by atoms with Gasteiger partial charge in [-0.3, -0.25) is 0 Å². The van der Waals surface area contributed by atoms with E-state index in [-0.39, 0.29) is 10.7 Å². The van der Waals surface area contributed by atoms with E-state index >= 15 is 0 Å². The number of nitrogens with zero attached hydrogens (tertiary/aromatic N) is 2. The Hall–Kier alpha value is -1.66. The summed E-state index contributed by atoms with van der Waals surface area (Å²) in [5.74, 6) is -0.641. The number of aromatic carboxylic acids is 1. The molecule has 0 bridgehead atoms. The van der Waals surface area contributed by atoms with Gasteiger partial charge in [0, 0.05) is 18.3 Å². The van der Waals surface area contributed by atoms with E-state index in [1.807, 2.05) is 12.3 Å². The first-order chi connectivity index (χ1) is 9.06. The smallest absolute Gasteiger partial charge is 0.356 e. The summed E-state index contributed by atoms with van der Waals surface area (Å²) in [7, 11) is 0. The Morgan fingerprint density at radius 1 is 1.47 bits per heavy atom. The number of anilines is 1. The van der Waals surface area contributed by atoms with Gasteiger partial charge in [-0.1, -0.05) is 11.6 Å². The number of carboxylic acid groups (broad SMARTS) is 1. The molecule has 0 aromatic carbocycles. The van der Waals surface area contributed by atoms with E-state index in [2.05, 4.69) is 15.3 Å². The van der Waals surface area contributed by atoms with Gasteiger partial charge in [-0.15, -0.1) is 11.3 Å². The second-order valence-electron chi connectivity index (χ2n) is 3.87. The molecule has 0 radical (unpaired) electrons. The summed E-state index contributed by atoms with van der Waals surface area (Å²) in [4.78, 5) is 19.2. The molecule has 2 rings (SSSR count). The molecule has 7 heteroatoms.